The number of nitro groups is 1. The van der Waals surface area contributed by atoms with Gasteiger partial charge in [-0.25, -0.2) is 4.98 Å². The number of halogens is 1. The number of hydrogen-bond donors (Lipinski definition) is 0. The molecule has 0 aliphatic carbocycles. The number of rotatable bonds is 1. The lowest BCUT2D eigenvalue weighted by Crippen LogP contribution is -2.29. The zero-order valence-corrected chi connectivity index (χ0v) is 6.40. The molecule has 0 saturated heterocycles. The van der Waals surface area contributed by atoms with Crippen LogP contribution in [0.4, 0.5) is 10.1 Å². The van der Waals surface area contributed by atoms with Gasteiger partial charge in [-0.3, -0.25) is 15.1 Å². The van der Waals surface area contributed by atoms with E-state index < -0.39 is 16.4 Å². The number of pyridine rings is 1. The van der Waals surface area contributed by atoms with Gasteiger partial charge in [-0.05, 0) is 6.08 Å². The predicted octanol–water partition coefficient (Wildman–Crippen LogP) is -0.457. The number of fused-ring (bicyclic) bond motifs is 1. The largest absolute Gasteiger partial charge is 0.325 e. The summed E-state index contributed by atoms with van der Waals surface area (Å²) in [5.74, 6) is -0.899. The third kappa shape index (κ3) is 1.07. The van der Waals surface area contributed by atoms with Gasteiger partial charge in [0.25, 0.3) is 0 Å². The highest BCUT2D eigenvalue weighted by Gasteiger charge is 2.17. The second kappa shape index (κ2) is 2.58. The Morgan fingerprint density at radius 1 is 1.62 bits per heavy atom. The lowest BCUT2D eigenvalue weighted by atomic mass is 10.3. The summed E-state index contributed by atoms with van der Waals surface area (Å²) in [4.78, 5) is 16.9. The molecule has 0 amide bonds. The molecule has 0 aromatic carbocycles. The fourth-order valence-corrected chi connectivity index (χ4v) is 1.13. The van der Waals surface area contributed by atoms with Gasteiger partial charge in [-0.15, -0.1) is 0 Å². The highest BCUT2D eigenvalue weighted by molar-refractivity contribution is 5.33. The van der Waals surface area contributed by atoms with Crippen LogP contribution in [-0.4, -0.2) is 16.5 Å². The van der Waals surface area contributed by atoms with Gasteiger partial charge in [0, 0.05) is 0 Å². The molecule has 0 unspecified atom stereocenters. The molecule has 13 heavy (non-hydrogen) atoms. The van der Waals surface area contributed by atoms with E-state index in [2.05, 4.69) is 9.98 Å². The van der Waals surface area contributed by atoms with Crippen molar-refractivity contribution in [3.63, 3.8) is 0 Å². The zero-order chi connectivity index (χ0) is 9.42. The maximum absolute atomic E-state index is 13.2. The summed E-state index contributed by atoms with van der Waals surface area (Å²) in [6.45, 7) is 0.334. The van der Waals surface area contributed by atoms with Crippen LogP contribution in [0.25, 0.3) is 6.08 Å². The minimum Gasteiger partial charge on any atom is -0.276 e. The Hall–Kier alpha value is -1.85. The molecular weight excluding hydrogens is 177 g/mol. The average molecular weight is 181 g/mol. The van der Waals surface area contributed by atoms with Gasteiger partial charge < -0.3 is 0 Å². The normalized spacial score (nSPS) is 13.0. The Kier molecular flexibility index (Phi) is 1.54. The molecule has 1 aliphatic heterocycles. The summed E-state index contributed by atoms with van der Waals surface area (Å²) < 4.78 is 13.2. The van der Waals surface area contributed by atoms with Crippen molar-refractivity contribution < 1.29 is 9.31 Å². The summed E-state index contributed by atoms with van der Waals surface area (Å²) in [7, 11) is 0. The van der Waals surface area contributed by atoms with Crippen molar-refractivity contribution in [1.29, 1.82) is 0 Å². The molecule has 0 spiro atoms. The van der Waals surface area contributed by atoms with Crippen molar-refractivity contribution in [2.24, 2.45) is 4.99 Å². The van der Waals surface area contributed by atoms with E-state index in [1.54, 1.807) is 6.08 Å². The number of aromatic nitrogens is 1. The second-order valence-electron chi connectivity index (χ2n) is 2.49. The van der Waals surface area contributed by atoms with Crippen molar-refractivity contribution in [2.75, 3.05) is 6.54 Å². The molecule has 2 heterocycles. The maximum atomic E-state index is 13.2. The first-order chi connectivity index (χ1) is 6.20. The Balaban J connectivity index is 2.82. The fourth-order valence-electron chi connectivity index (χ4n) is 1.13. The summed E-state index contributed by atoms with van der Waals surface area (Å²) in [6.07, 6.45) is 2.52. The van der Waals surface area contributed by atoms with Gasteiger partial charge in [0.05, 0.1) is 16.8 Å². The second-order valence-corrected chi connectivity index (χ2v) is 2.49. The molecule has 0 N–H and O–H groups in total. The van der Waals surface area contributed by atoms with E-state index in [4.69, 9.17) is 0 Å². The van der Waals surface area contributed by atoms with Gasteiger partial charge in [-0.1, -0.05) is 0 Å². The van der Waals surface area contributed by atoms with E-state index >= 15 is 0 Å². The molecule has 0 saturated carbocycles. The smallest absolute Gasteiger partial charge is 0.276 e. The minimum atomic E-state index is -0.899. The minimum absolute atomic E-state index is 0.00537. The quantitative estimate of drug-likeness (QED) is 0.435. The molecule has 1 aliphatic rings. The maximum Gasteiger partial charge on any atom is 0.325 e. The van der Waals surface area contributed by atoms with Crippen LogP contribution in [0.5, 0.6) is 0 Å². The van der Waals surface area contributed by atoms with Gasteiger partial charge in [0.1, 0.15) is 11.6 Å². The zero-order valence-electron chi connectivity index (χ0n) is 6.40. The molecule has 0 fully saturated rings. The molecule has 2 rings (SSSR count). The summed E-state index contributed by atoms with van der Waals surface area (Å²) in [5.41, 5.74) is -0.627. The molecule has 1 aromatic rings. The van der Waals surface area contributed by atoms with Crippen LogP contribution in [0.1, 0.15) is 0 Å². The van der Waals surface area contributed by atoms with E-state index in [-0.39, 0.29) is 5.36 Å². The Labute approximate surface area is 71.4 Å². The van der Waals surface area contributed by atoms with Crippen LogP contribution in [0.3, 0.4) is 0 Å². The Morgan fingerprint density at radius 3 is 3.08 bits per heavy atom. The monoisotopic (exact) mass is 181 g/mol. The molecule has 0 atom stereocenters. The first kappa shape index (κ1) is 7.78. The first-order valence-corrected chi connectivity index (χ1v) is 3.53. The molecule has 0 radical (unpaired) electrons. The highest BCUT2D eigenvalue weighted by atomic mass is 19.1. The molecule has 5 nitrogen and oxygen atoms in total. The van der Waals surface area contributed by atoms with Gasteiger partial charge in [0.15, 0.2) is 0 Å². The predicted molar refractivity (Wildman–Crippen MR) is 41.0 cm³/mol. The number of hydrogen-bond acceptors (Lipinski definition) is 4. The first-order valence-electron chi connectivity index (χ1n) is 3.53. The summed E-state index contributed by atoms with van der Waals surface area (Å²) in [5, 5.41) is 10.7. The van der Waals surface area contributed by atoms with E-state index in [0.29, 0.717) is 11.9 Å². The van der Waals surface area contributed by atoms with Crippen molar-refractivity contribution in [1.82, 2.24) is 4.98 Å². The lowest BCUT2D eigenvalue weighted by Gasteiger charge is -1.91. The molecular formula is C7H4FN3O2. The molecule has 1 aromatic heterocycles. The molecule has 66 valence electrons. The fraction of sp³-hybridized carbons (Fsp3) is 0.143. The van der Waals surface area contributed by atoms with E-state index in [9.17, 15) is 14.5 Å². The van der Waals surface area contributed by atoms with Crippen LogP contribution < -0.4 is 10.7 Å². The molecule has 6 heteroatoms. The van der Waals surface area contributed by atoms with Gasteiger partial charge >= 0.3 is 5.69 Å². The topological polar surface area (TPSA) is 68.4 Å². The van der Waals surface area contributed by atoms with Crippen LogP contribution in [0, 0.1) is 15.9 Å². The van der Waals surface area contributed by atoms with Crippen molar-refractivity contribution >= 4 is 11.8 Å². The van der Waals surface area contributed by atoms with Crippen LogP contribution in [-0.2, 0) is 0 Å². The van der Waals surface area contributed by atoms with Crippen LogP contribution in [0.15, 0.2) is 11.2 Å². The summed E-state index contributed by atoms with van der Waals surface area (Å²) in [6, 6.07) is 0. The van der Waals surface area contributed by atoms with E-state index in [0.717, 1.165) is 6.20 Å². The highest BCUT2D eigenvalue weighted by Crippen LogP contribution is 2.08. The van der Waals surface area contributed by atoms with Crippen molar-refractivity contribution in [2.45, 2.75) is 0 Å². The lowest BCUT2D eigenvalue weighted by molar-refractivity contribution is -0.388. The van der Waals surface area contributed by atoms with Crippen molar-refractivity contribution in [3.05, 3.63) is 32.8 Å². The molecule has 0 bridgehead atoms. The Morgan fingerprint density at radius 2 is 2.38 bits per heavy atom. The Bertz CT molecular complexity index is 497. The van der Waals surface area contributed by atoms with E-state index in [1.807, 2.05) is 0 Å². The van der Waals surface area contributed by atoms with Gasteiger partial charge in [-0.2, -0.15) is 4.39 Å². The van der Waals surface area contributed by atoms with Crippen LogP contribution >= 0.6 is 0 Å². The standard InChI is InChI=1S/C7H4FN3O2/c8-6-5(11(12)13)3-10-4-1-2-9-7(4)6/h1,3H,2H2. The third-order valence-corrected chi connectivity index (χ3v) is 1.73. The van der Waals surface area contributed by atoms with Crippen molar-refractivity contribution in [3.8, 4) is 0 Å². The van der Waals surface area contributed by atoms with Crippen LogP contribution in [0.2, 0.25) is 0 Å². The summed E-state index contributed by atoms with van der Waals surface area (Å²) >= 11 is 0. The van der Waals surface area contributed by atoms with E-state index in [1.165, 1.54) is 0 Å². The third-order valence-electron chi connectivity index (χ3n) is 1.73. The SMILES string of the molecule is O=[N+]([O-])c1cnc2c(c1F)=NCC=2. The number of nitrogens with zero attached hydrogens (tertiary/aromatic N) is 3. The average Bonchev–Trinajstić information content (AvgIpc) is 2.52. The van der Waals surface area contributed by atoms with Gasteiger partial charge in [0.2, 0.25) is 5.82 Å².